The van der Waals surface area contributed by atoms with Crippen molar-refractivity contribution in [3.05, 3.63) is 65.7 Å². The van der Waals surface area contributed by atoms with Crippen LogP contribution in [0.1, 0.15) is 23.7 Å². The highest BCUT2D eigenvalue weighted by atomic mass is 19.4. The highest BCUT2D eigenvalue weighted by molar-refractivity contribution is 5.30. The average Bonchev–Trinajstić information content (AvgIpc) is 2.47. The molecule has 0 saturated heterocycles. The first kappa shape index (κ1) is 15.4. The average molecular weight is 296 g/mol. The predicted molar refractivity (Wildman–Crippen MR) is 73.0 cm³/mol. The molecule has 2 aromatic carbocycles. The molecule has 0 fully saturated rings. The minimum atomic E-state index is -4.36. The maximum Gasteiger partial charge on any atom is 0.416 e. The van der Waals surface area contributed by atoms with Gasteiger partial charge >= 0.3 is 6.18 Å². The van der Waals surface area contributed by atoms with Crippen LogP contribution in [0.4, 0.5) is 13.2 Å². The van der Waals surface area contributed by atoms with E-state index < -0.39 is 17.8 Å². The number of aliphatic hydroxyl groups excluding tert-OH is 1. The topological polar surface area (TPSA) is 29.5 Å². The second-order valence-electron chi connectivity index (χ2n) is 4.55. The molecular weight excluding hydrogens is 281 g/mol. The molecule has 0 bridgehead atoms. The molecule has 5 heteroatoms. The summed E-state index contributed by atoms with van der Waals surface area (Å²) in [5.41, 5.74) is 0.153. The number of benzene rings is 2. The van der Waals surface area contributed by atoms with Crippen LogP contribution < -0.4 is 4.74 Å². The fourth-order valence-electron chi connectivity index (χ4n) is 1.97. The lowest BCUT2D eigenvalue weighted by atomic mass is 10.1. The fraction of sp³-hybridized carbons (Fsp3) is 0.250. The smallest absolute Gasteiger partial charge is 0.416 e. The van der Waals surface area contributed by atoms with Crippen LogP contribution >= 0.6 is 0 Å². The predicted octanol–water partition coefficient (Wildman–Crippen LogP) is 4.21. The van der Waals surface area contributed by atoms with Crippen LogP contribution in [0.2, 0.25) is 0 Å². The Balaban J connectivity index is 2.14. The second-order valence-corrected chi connectivity index (χ2v) is 4.55. The summed E-state index contributed by atoms with van der Waals surface area (Å²) in [5, 5.41) is 9.10. The van der Waals surface area contributed by atoms with Crippen LogP contribution in [0, 0.1) is 0 Å². The molecule has 0 spiro atoms. The van der Waals surface area contributed by atoms with Gasteiger partial charge in [-0.05, 0) is 29.8 Å². The van der Waals surface area contributed by atoms with Gasteiger partial charge in [-0.25, -0.2) is 0 Å². The molecule has 0 aliphatic carbocycles. The Bertz CT molecular complexity index is 550. The van der Waals surface area contributed by atoms with E-state index in [1.807, 2.05) is 30.3 Å². The van der Waals surface area contributed by atoms with Crippen LogP contribution in [-0.2, 0) is 6.18 Å². The minimum absolute atomic E-state index is 0.0693. The molecule has 0 radical (unpaired) electrons. The van der Waals surface area contributed by atoms with E-state index in [9.17, 15) is 13.2 Å². The molecule has 112 valence electrons. The fourth-order valence-corrected chi connectivity index (χ4v) is 1.97. The van der Waals surface area contributed by atoms with Gasteiger partial charge in [-0.2, -0.15) is 13.2 Å². The number of rotatable bonds is 5. The van der Waals surface area contributed by atoms with Crippen molar-refractivity contribution in [3.63, 3.8) is 0 Å². The van der Waals surface area contributed by atoms with Crippen LogP contribution in [0.15, 0.2) is 54.6 Å². The number of hydrogen-bond acceptors (Lipinski definition) is 2. The van der Waals surface area contributed by atoms with Gasteiger partial charge in [0.1, 0.15) is 11.9 Å². The summed E-state index contributed by atoms with van der Waals surface area (Å²) >= 11 is 0. The summed E-state index contributed by atoms with van der Waals surface area (Å²) in [7, 11) is 0. The molecule has 1 N–H and O–H groups in total. The Hall–Kier alpha value is -2.01. The maximum absolute atomic E-state index is 12.5. The van der Waals surface area contributed by atoms with Gasteiger partial charge in [0, 0.05) is 13.0 Å². The first-order chi connectivity index (χ1) is 10.0. The van der Waals surface area contributed by atoms with Crippen molar-refractivity contribution in [3.8, 4) is 5.75 Å². The quantitative estimate of drug-likeness (QED) is 0.895. The van der Waals surface area contributed by atoms with Crippen LogP contribution in [0.3, 0.4) is 0 Å². The van der Waals surface area contributed by atoms with Crippen LogP contribution in [0.25, 0.3) is 0 Å². The van der Waals surface area contributed by atoms with Crippen molar-refractivity contribution in [1.29, 1.82) is 0 Å². The van der Waals surface area contributed by atoms with E-state index >= 15 is 0 Å². The van der Waals surface area contributed by atoms with Crippen molar-refractivity contribution < 1.29 is 23.0 Å². The standard InChI is InChI=1S/C16H15F3O2/c17-16(18,19)13-6-8-14(9-7-13)21-15(10-11-20)12-4-2-1-3-5-12/h1-9,15,20H,10-11H2. The third-order valence-electron chi connectivity index (χ3n) is 3.02. The van der Waals surface area contributed by atoms with E-state index in [1.54, 1.807) is 0 Å². The first-order valence-electron chi connectivity index (χ1n) is 6.50. The zero-order valence-corrected chi connectivity index (χ0v) is 11.2. The first-order valence-corrected chi connectivity index (χ1v) is 6.50. The summed E-state index contributed by atoms with van der Waals surface area (Å²) in [4.78, 5) is 0. The zero-order valence-electron chi connectivity index (χ0n) is 11.2. The van der Waals surface area contributed by atoms with E-state index in [2.05, 4.69) is 0 Å². The van der Waals surface area contributed by atoms with E-state index in [0.29, 0.717) is 12.2 Å². The molecule has 21 heavy (non-hydrogen) atoms. The largest absolute Gasteiger partial charge is 0.486 e. The Morgan fingerprint density at radius 2 is 1.57 bits per heavy atom. The van der Waals surface area contributed by atoms with Crippen LogP contribution in [-0.4, -0.2) is 11.7 Å². The van der Waals surface area contributed by atoms with Crippen LogP contribution in [0.5, 0.6) is 5.75 Å². The van der Waals surface area contributed by atoms with Gasteiger partial charge in [-0.15, -0.1) is 0 Å². The van der Waals surface area contributed by atoms with E-state index in [-0.39, 0.29) is 6.61 Å². The van der Waals surface area contributed by atoms with Gasteiger partial charge in [0.05, 0.1) is 5.56 Å². The van der Waals surface area contributed by atoms with Crippen molar-refractivity contribution >= 4 is 0 Å². The van der Waals surface area contributed by atoms with Gasteiger partial charge in [-0.3, -0.25) is 0 Å². The Morgan fingerprint density at radius 1 is 0.952 bits per heavy atom. The molecule has 2 aromatic rings. The highest BCUT2D eigenvalue weighted by Crippen LogP contribution is 2.31. The Kier molecular flexibility index (Phi) is 4.85. The van der Waals surface area contributed by atoms with Gasteiger partial charge in [0.2, 0.25) is 0 Å². The van der Waals surface area contributed by atoms with Crippen molar-refractivity contribution in [1.82, 2.24) is 0 Å². The number of halogens is 3. The molecule has 0 aromatic heterocycles. The Morgan fingerprint density at radius 3 is 2.10 bits per heavy atom. The minimum Gasteiger partial charge on any atom is -0.486 e. The van der Waals surface area contributed by atoms with Crippen molar-refractivity contribution in [2.45, 2.75) is 18.7 Å². The lowest BCUT2D eigenvalue weighted by Crippen LogP contribution is -2.10. The molecule has 0 aliphatic rings. The van der Waals surface area contributed by atoms with Gasteiger partial charge in [0.25, 0.3) is 0 Å². The number of aliphatic hydroxyl groups is 1. The normalized spacial score (nSPS) is 13.0. The summed E-state index contributed by atoms with van der Waals surface area (Å²) in [6, 6.07) is 13.8. The van der Waals surface area contributed by atoms with Gasteiger partial charge in [0.15, 0.2) is 0 Å². The number of alkyl halides is 3. The highest BCUT2D eigenvalue weighted by Gasteiger charge is 2.30. The molecule has 0 saturated carbocycles. The zero-order chi connectivity index (χ0) is 15.3. The third-order valence-corrected chi connectivity index (χ3v) is 3.02. The van der Waals surface area contributed by atoms with Crippen molar-refractivity contribution in [2.75, 3.05) is 6.61 Å². The Labute approximate surface area is 120 Å². The summed E-state index contributed by atoms with van der Waals surface area (Å²) < 4.78 is 43.2. The molecule has 1 atom stereocenters. The summed E-state index contributed by atoms with van der Waals surface area (Å²) in [5.74, 6) is 0.338. The van der Waals surface area contributed by atoms with E-state index in [1.165, 1.54) is 12.1 Å². The summed E-state index contributed by atoms with van der Waals surface area (Å²) in [6.45, 7) is -0.0693. The number of hydrogen-bond donors (Lipinski definition) is 1. The molecule has 0 heterocycles. The van der Waals surface area contributed by atoms with Gasteiger partial charge < -0.3 is 9.84 Å². The lowest BCUT2D eigenvalue weighted by molar-refractivity contribution is -0.137. The second kappa shape index (κ2) is 6.63. The molecule has 0 aliphatic heterocycles. The lowest BCUT2D eigenvalue weighted by Gasteiger charge is -2.19. The molecule has 2 rings (SSSR count). The summed E-state index contributed by atoms with van der Waals surface area (Å²) in [6.07, 6.45) is -4.39. The molecule has 1 unspecified atom stereocenters. The SMILES string of the molecule is OCCC(Oc1ccc(C(F)(F)F)cc1)c1ccccc1. The van der Waals surface area contributed by atoms with Crippen molar-refractivity contribution in [2.24, 2.45) is 0 Å². The molecule has 0 amide bonds. The monoisotopic (exact) mass is 296 g/mol. The van der Waals surface area contributed by atoms with E-state index in [4.69, 9.17) is 9.84 Å². The maximum atomic E-state index is 12.5. The number of ether oxygens (including phenoxy) is 1. The van der Waals surface area contributed by atoms with Gasteiger partial charge in [-0.1, -0.05) is 30.3 Å². The van der Waals surface area contributed by atoms with E-state index in [0.717, 1.165) is 17.7 Å². The molecular formula is C16H15F3O2. The molecule has 2 nitrogen and oxygen atoms in total. The third kappa shape index (κ3) is 4.23.